The lowest BCUT2D eigenvalue weighted by Gasteiger charge is -2.09. The quantitative estimate of drug-likeness (QED) is 0.648. The normalized spacial score (nSPS) is 13.0. The molecule has 0 radical (unpaired) electrons. The second kappa shape index (κ2) is 6.85. The summed E-state index contributed by atoms with van der Waals surface area (Å²) in [5.41, 5.74) is 5.35. The van der Waals surface area contributed by atoms with Crippen molar-refractivity contribution in [3.63, 3.8) is 0 Å². The van der Waals surface area contributed by atoms with Gasteiger partial charge in [0.1, 0.15) is 0 Å². The number of amides is 1. The fraction of sp³-hybridized carbons (Fsp3) is 0.364. The van der Waals surface area contributed by atoms with Crippen LogP contribution in [-0.4, -0.2) is 33.5 Å². The number of rotatable bonds is 6. The third-order valence-electron chi connectivity index (χ3n) is 2.24. The molecule has 1 amide bonds. The van der Waals surface area contributed by atoms with Gasteiger partial charge in [-0.05, 0) is 25.1 Å². The average molecular weight is 306 g/mol. The van der Waals surface area contributed by atoms with E-state index in [0.29, 0.717) is 5.02 Å². The van der Waals surface area contributed by atoms with Crippen molar-refractivity contribution in [2.45, 2.75) is 17.9 Å². The minimum absolute atomic E-state index is 0.0767. The zero-order valence-corrected chi connectivity index (χ0v) is 12.0. The van der Waals surface area contributed by atoms with Gasteiger partial charge in [-0.25, -0.2) is 13.1 Å². The smallest absolute Gasteiger partial charge is 0.240 e. The van der Waals surface area contributed by atoms with Crippen LogP contribution in [0.3, 0.4) is 0 Å². The van der Waals surface area contributed by atoms with Gasteiger partial charge in [-0.15, -0.1) is 0 Å². The molecule has 0 fully saturated rings. The molecule has 106 valence electrons. The maximum absolute atomic E-state index is 11.9. The molecule has 0 saturated carbocycles. The summed E-state index contributed by atoms with van der Waals surface area (Å²) in [5, 5.41) is 2.84. The third kappa shape index (κ3) is 5.15. The Morgan fingerprint density at radius 1 is 1.42 bits per heavy atom. The number of carbonyl (C=O) groups excluding carboxylic acids is 1. The minimum atomic E-state index is -3.62. The van der Waals surface area contributed by atoms with Gasteiger partial charge < -0.3 is 11.1 Å². The number of halogens is 1. The van der Waals surface area contributed by atoms with Gasteiger partial charge in [0.2, 0.25) is 15.9 Å². The fourth-order valence-corrected chi connectivity index (χ4v) is 2.58. The summed E-state index contributed by atoms with van der Waals surface area (Å²) < 4.78 is 26.1. The first kappa shape index (κ1) is 15.9. The molecule has 8 heteroatoms. The van der Waals surface area contributed by atoms with E-state index in [2.05, 4.69) is 10.0 Å². The topological polar surface area (TPSA) is 101 Å². The largest absolute Gasteiger partial charge is 0.353 e. The lowest BCUT2D eigenvalue weighted by atomic mass is 10.3. The number of hydrogen-bond acceptors (Lipinski definition) is 4. The Morgan fingerprint density at radius 3 is 2.68 bits per heavy atom. The van der Waals surface area contributed by atoms with E-state index >= 15 is 0 Å². The molecular weight excluding hydrogens is 290 g/mol. The Bertz CT molecular complexity index is 546. The van der Waals surface area contributed by atoms with E-state index in [1.54, 1.807) is 19.1 Å². The summed E-state index contributed by atoms with van der Waals surface area (Å²) in [4.78, 5) is 11.2. The Balaban J connectivity index is 2.51. The number of hydrogen-bond donors (Lipinski definition) is 3. The average Bonchev–Trinajstić information content (AvgIpc) is 2.34. The first-order chi connectivity index (χ1) is 8.83. The summed E-state index contributed by atoms with van der Waals surface area (Å²) in [6.07, 6.45) is 0. The lowest BCUT2D eigenvalue weighted by molar-refractivity contribution is -0.121. The number of carbonyl (C=O) groups is 1. The molecular formula is C11H16ClN3O3S. The van der Waals surface area contributed by atoms with Crippen LogP contribution in [-0.2, 0) is 14.8 Å². The molecule has 0 aliphatic rings. The van der Waals surface area contributed by atoms with E-state index in [1.807, 2.05) is 0 Å². The molecule has 4 N–H and O–H groups in total. The molecule has 1 aromatic rings. The van der Waals surface area contributed by atoms with Crippen molar-refractivity contribution in [2.24, 2.45) is 5.73 Å². The van der Waals surface area contributed by atoms with Crippen LogP contribution in [0.25, 0.3) is 0 Å². The van der Waals surface area contributed by atoms with Gasteiger partial charge in [-0.3, -0.25) is 4.79 Å². The molecule has 0 aromatic heterocycles. The number of benzene rings is 1. The SMILES string of the molecule is C[C@H](N)C(=O)NCCNS(=O)(=O)c1cccc(Cl)c1. The lowest BCUT2D eigenvalue weighted by Crippen LogP contribution is -2.41. The van der Waals surface area contributed by atoms with Crippen molar-refractivity contribution in [1.29, 1.82) is 0 Å². The van der Waals surface area contributed by atoms with E-state index in [1.165, 1.54) is 12.1 Å². The van der Waals surface area contributed by atoms with Crippen LogP contribution in [0.15, 0.2) is 29.2 Å². The van der Waals surface area contributed by atoms with Crippen molar-refractivity contribution < 1.29 is 13.2 Å². The van der Waals surface area contributed by atoms with Gasteiger partial charge in [0.25, 0.3) is 0 Å². The second-order valence-electron chi connectivity index (χ2n) is 3.93. The van der Waals surface area contributed by atoms with Crippen LogP contribution >= 0.6 is 11.6 Å². The molecule has 0 bridgehead atoms. The van der Waals surface area contributed by atoms with Crippen molar-refractivity contribution in [1.82, 2.24) is 10.0 Å². The highest BCUT2D eigenvalue weighted by Gasteiger charge is 2.13. The van der Waals surface area contributed by atoms with E-state index < -0.39 is 16.1 Å². The maximum Gasteiger partial charge on any atom is 0.240 e. The zero-order chi connectivity index (χ0) is 14.5. The summed E-state index contributed by atoms with van der Waals surface area (Å²) in [6, 6.07) is 5.31. The monoisotopic (exact) mass is 305 g/mol. The van der Waals surface area contributed by atoms with Crippen LogP contribution in [0, 0.1) is 0 Å². The Labute approximate surface area is 117 Å². The molecule has 0 aliphatic carbocycles. The molecule has 1 rings (SSSR count). The number of sulfonamides is 1. The molecule has 19 heavy (non-hydrogen) atoms. The van der Waals surface area contributed by atoms with Crippen molar-refractivity contribution in [2.75, 3.05) is 13.1 Å². The summed E-state index contributed by atoms with van der Waals surface area (Å²) >= 11 is 5.73. The number of nitrogens with one attached hydrogen (secondary N) is 2. The van der Waals surface area contributed by atoms with Crippen LogP contribution in [0.5, 0.6) is 0 Å². The van der Waals surface area contributed by atoms with Crippen LogP contribution in [0.2, 0.25) is 5.02 Å². The van der Waals surface area contributed by atoms with E-state index in [4.69, 9.17) is 17.3 Å². The molecule has 0 saturated heterocycles. The maximum atomic E-state index is 11.9. The van der Waals surface area contributed by atoms with E-state index in [-0.39, 0.29) is 23.9 Å². The van der Waals surface area contributed by atoms with Gasteiger partial charge in [-0.1, -0.05) is 17.7 Å². The fourth-order valence-electron chi connectivity index (χ4n) is 1.25. The summed E-state index contributed by atoms with van der Waals surface area (Å²) in [6.45, 7) is 1.79. The summed E-state index contributed by atoms with van der Waals surface area (Å²) in [7, 11) is -3.62. The molecule has 6 nitrogen and oxygen atoms in total. The van der Waals surface area contributed by atoms with Crippen LogP contribution in [0.4, 0.5) is 0 Å². The third-order valence-corrected chi connectivity index (χ3v) is 3.93. The van der Waals surface area contributed by atoms with Gasteiger partial charge >= 0.3 is 0 Å². The highest BCUT2D eigenvalue weighted by Crippen LogP contribution is 2.14. The Kier molecular flexibility index (Phi) is 5.74. The highest BCUT2D eigenvalue weighted by molar-refractivity contribution is 7.89. The van der Waals surface area contributed by atoms with Crippen LogP contribution in [0.1, 0.15) is 6.92 Å². The van der Waals surface area contributed by atoms with Gasteiger partial charge in [0.15, 0.2) is 0 Å². The molecule has 0 aliphatic heterocycles. The molecule has 0 spiro atoms. The first-order valence-electron chi connectivity index (χ1n) is 5.61. The van der Waals surface area contributed by atoms with E-state index in [9.17, 15) is 13.2 Å². The van der Waals surface area contributed by atoms with E-state index in [0.717, 1.165) is 0 Å². The van der Waals surface area contributed by atoms with Crippen molar-refractivity contribution in [3.8, 4) is 0 Å². The van der Waals surface area contributed by atoms with Crippen molar-refractivity contribution in [3.05, 3.63) is 29.3 Å². The predicted molar refractivity (Wildman–Crippen MR) is 73.3 cm³/mol. The van der Waals surface area contributed by atoms with Crippen molar-refractivity contribution >= 4 is 27.5 Å². The number of nitrogens with two attached hydrogens (primary N) is 1. The Hall–Kier alpha value is -1.15. The van der Waals surface area contributed by atoms with Crippen LogP contribution < -0.4 is 15.8 Å². The van der Waals surface area contributed by atoms with Gasteiger partial charge in [0, 0.05) is 18.1 Å². The minimum Gasteiger partial charge on any atom is -0.353 e. The highest BCUT2D eigenvalue weighted by atomic mass is 35.5. The molecule has 0 unspecified atom stereocenters. The zero-order valence-electron chi connectivity index (χ0n) is 10.4. The standard InChI is InChI=1S/C11H16ClN3O3S/c1-8(13)11(16)14-5-6-15-19(17,18)10-4-2-3-9(12)7-10/h2-4,7-8,15H,5-6,13H2,1H3,(H,14,16)/t8-/m0/s1. The molecule has 1 aromatic carbocycles. The van der Waals surface area contributed by atoms with Gasteiger partial charge in [0.05, 0.1) is 10.9 Å². The first-order valence-corrected chi connectivity index (χ1v) is 7.47. The summed E-state index contributed by atoms with van der Waals surface area (Å²) in [5.74, 6) is -0.332. The molecule has 0 heterocycles. The predicted octanol–water partition coefficient (Wildman–Crippen LogP) is 0.0817. The molecule has 1 atom stereocenters. The Morgan fingerprint density at radius 2 is 2.11 bits per heavy atom. The van der Waals surface area contributed by atoms with Gasteiger partial charge in [-0.2, -0.15) is 0 Å². The second-order valence-corrected chi connectivity index (χ2v) is 6.14.